The number of amides is 1. The van der Waals surface area contributed by atoms with Crippen LogP contribution in [0.2, 0.25) is 0 Å². The summed E-state index contributed by atoms with van der Waals surface area (Å²) in [5.74, 6) is -0.149. The summed E-state index contributed by atoms with van der Waals surface area (Å²) in [6, 6.07) is 26.6. The molecule has 5 rings (SSSR count). The summed E-state index contributed by atoms with van der Waals surface area (Å²) in [4.78, 5) is 22.0. The van der Waals surface area contributed by atoms with Gasteiger partial charge < -0.3 is 0 Å². The lowest BCUT2D eigenvalue weighted by atomic mass is 10.1. The maximum Gasteiger partial charge on any atom is 0.270 e. The molecule has 178 valence electrons. The molecule has 0 atom stereocenters. The van der Waals surface area contributed by atoms with Crippen molar-refractivity contribution in [3.8, 4) is 11.3 Å². The van der Waals surface area contributed by atoms with Crippen LogP contribution < -0.4 is 5.43 Å². The molecular weight excluding hydrogens is 434 g/mol. The Balaban J connectivity index is 1.32. The van der Waals surface area contributed by atoms with Gasteiger partial charge in [-0.3, -0.25) is 29.7 Å². The van der Waals surface area contributed by atoms with Crippen LogP contribution in [0.5, 0.6) is 0 Å². The van der Waals surface area contributed by atoms with Gasteiger partial charge in [-0.1, -0.05) is 60.7 Å². The van der Waals surface area contributed by atoms with Crippen molar-refractivity contribution in [2.24, 2.45) is 0 Å². The van der Waals surface area contributed by atoms with Crippen molar-refractivity contribution in [3.63, 3.8) is 0 Å². The van der Waals surface area contributed by atoms with Gasteiger partial charge in [-0.15, -0.1) is 0 Å². The molecule has 1 fully saturated rings. The maximum absolute atomic E-state index is 13.0. The normalized spacial score (nSPS) is 14.7. The molecule has 0 aliphatic carbocycles. The van der Waals surface area contributed by atoms with Crippen LogP contribution in [0.3, 0.4) is 0 Å². The van der Waals surface area contributed by atoms with Gasteiger partial charge in [-0.2, -0.15) is 0 Å². The Hall–Kier alpha value is -3.74. The summed E-state index contributed by atoms with van der Waals surface area (Å²) in [5, 5.41) is 0. The van der Waals surface area contributed by atoms with E-state index < -0.39 is 0 Å². The smallest absolute Gasteiger partial charge is 0.270 e. The van der Waals surface area contributed by atoms with E-state index in [0.29, 0.717) is 5.56 Å². The summed E-state index contributed by atoms with van der Waals surface area (Å²) in [6.07, 6.45) is 3.27. The van der Waals surface area contributed by atoms with Gasteiger partial charge in [0.2, 0.25) is 0 Å². The quantitative estimate of drug-likeness (QED) is 0.435. The Morgan fingerprint density at radius 1 is 0.829 bits per heavy atom. The second-order valence-electron chi connectivity index (χ2n) is 9.06. The molecule has 2 aromatic heterocycles. The fourth-order valence-electron chi connectivity index (χ4n) is 4.64. The molecule has 4 aromatic rings. The maximum atomic E-state index is 13.0. The van der Waals surface area contributed by atoms with E-state index in [0.717, 1.165) is 56.2 Å². The summed E-state index contributed by atoms with van der Waals surface area (Å²) >= 11 is 0. The van der Waals surface area contributed by atoms with Crippen LogP contribution in [-0.4, -0.2) is 51.5 Å². The summed E-state index contributed by atoms with van der Waals surface area (Å²) < 4.78 is 1.93. The highest BCUT2D eigenvalue weighted by molar-refractivity contribution is 6.00. The Morgan fingerprint density at radius 3 is 2.09 bits per heavy atom. The molecule has 6 nitrogen and oxygen atoms in total. The van der Waals surface area contributed by atoms with Crippen molar-refractivity contribution >= 4 is 5.91 Å². The molecular formula is C29H31N5O. The highest BCUT2D eigenvalue weighted by atomic mass is 16.2. The number of nitrogens with zero attached hydrogens (tertiary/aromatic N) is 4. The van der Waals surface area contributed by atoms with E-state index in [1.165, 1.54) is 11.1 Å². The number of hydrogen-bond acceptors (Lipinski definition) is 4. The Kier molecular flexibility index (Phi) is 7.02. The molecule has 1 N–H and O–H groups in total. The molecule has 1 aliphatic rings. The lowest BCUT2D eigenvalue weighted by molar-refractivity contribution is 0.101. The highest BCUT2D eigenvalue weighted by Gasteiger charge is 2.21. The van der Waals surface area contributed by atoms with E-state index in [9.17, 15) is 4.79 Å². The average molecular weight is 466 g/mol. The standard InChI is InChI=1S/C29H31N5O/c1-23-27(22-33-18-16-32(17-19-33)21-24-8-4-2-5-9-24)20-28(25-10-6-3-7-11-25)34(23)31-29(35)26-12-14-30-15-13-26/h2-15,20H,16-19,21-22H2,1H3,(H,31,35). The summed E-state index contributed by atoms with van der Waals surface area (Å²) in [5.41, 5.74) is 9.41. The Bertz CT molecular complexity index is 1250. The number of pyridine rings is 1. The first-order valence-corrected chi connectivity index (χ1v) is 12.1. The predicted molar refractivity (Wildman–Crippen MR) is 140 cm³/mol. The van der Waals surface area contributed by atoms with Gasteiger partial charge in [0.1, 0.15) is 0 Å². The number of piperazine rings is 1. The van der Waals surface area contributed by atoms with E-state index >= 15 is 0 Å². The molecule has 1 saturated heterocycles. The third-order valence-corrected chi connectivity index (χ3v) is 6.69. The lowest BCUT2D eigenvalue weighted by Crippen LogP contribution is -2.45. The number of carbonyl (C=O) groups excluding carboxylic acids is 1. The molecule has 0 spiro atoms. The molecule has 6 heteroatoms. The monoisotopic (exact) mass is 465 g/mol. The minimum atomic E-state index is -0.149. The van der Waals surface area contributed by atoms with Crippen molar-refractivity contribution in [1.29, 1.82) is 0 Å². The van der Waals surface area contributed by atoms with Gasteiger partial charge in [-0.05, 0) is 36.2 Å². The molecule has 1 aliphatic heterocycles. The number of rotatable bonds is 7. The number of carbonyl (C=O) groups is 1. The van der Waals surface area contributed by atoms with E-state index in [-0.39, 0.29) is 5.91 Å². The Morgan fingerprint density at radius 2 is 1.43 bits per heavy atom. The topological polar surface area (TPSA) is 53.4 Å². The van der Waals surface area contributed by atoms with Crippen LogP contribution in [-0.2, 0) is 13.1 Å². The van der Waals surface area contributed by atoms with E-state index in [1.807, 2.05) is 22.9 Å². The number of aromatic nitrogens is 2. The second-order valence-corrected chi connectivity index (χ2v) is 9.06. The minimum Gasteiger partial charge on any atom is -0.297 e. The summed E-state index contributed by atoms with van der Waals surface area (Å²) in [7, 11) is 0. The van der Waals surface area contributed by atoms with E-state index in [2.05, 4.69) is 75.7 Å². The molecule has 0 unspecified atom stereocenters. The molecule has 0 bridgehead atoms. The lowest BCUT2D eigenvalue weighted by Gasteiger charge is -2.34. The van der Waals surface area contributed by atoms with Crippen molar-refractivity contribution in [2.75, 3.05) is 31.6 Å². The van der Waals surface area contributed by atoms with Gasteiger partial charge in [0.25, 0.3) is 5.91 Å². The predicted octanol–water partition coefficient (Wildman–Crippen LogP) is 4.56. The SMILES string of the molecule is Cc1c(CN2CCN(Cc3ccccc3)CC2)cc(-c2ccccc2)n1NC(=O)c1ccncc1. The fraction of sp³-hybridized carbons (Fsp3) is 0.241. The van der Waals surface area contributed by atoms with Gasteiger partial charge in [0.05, 0.1) is 5.69 Å². The zero-order valence-electron chi connectivity index (χ0n) is 20.1. The fourth-order valence-corrected chi connectivity index (χ4v) is 4.64. The van der Waals surface area contributed by atoms with Gasteiger partial charge in [-0.25, -0.2) is 0 Å². The first-order chi connectivity index (χ1) is 17.2. The van der Waals surface area contributed by atoms with Crippen LogP contribution in [0, 0.1) is 6.92 Å². The zero-order chi connectivity index (χ0) is 24.0. The number of nitrogens with one attached hydrogen (secondary N) is 1. The highest BCUT2D eigenvalue weighted by Crippen LogP contribution is 2.26. The van der Waals surface area contributed by atoms with Crippen LogP contribution in [0.25, 0.3) is 11.3 Å². The molecule has 35 heavy (non-hydrogen) atoms. The van der Waals surface area contributed by atoms with Gasteiger partial charge >= 0.3 is 0 Å². The summed E-state index contributed by atoms with van der Waals surface area (Å²) in [6.45, 7) is 8.12. The Labute approximate surface area is 206 Å². The van der Waals surface area contributed by atoms with Crippen molar-refractivity contribution in [1.82, 2.24) is 19.5 Å². The van der Waals surface area contributed by atoms with Crippen molar-refractivity contribution < 1.29 is 4.79 Å². The number of hydrogen-bond donors (Lipinski definition) is 1. The molecule has 0 radical (unpaired) electrons. The minimum absolute atomic E-state index is 0.149. The molecule has 0 saturated carbocycles. The number of benzene rings is 2. The third-order valence-electron chi connectivity index (χ3n) is 6.69. The second kappa shape index (κ2) is 10.7. The first-order valence-electron chi connectivity index (χ1n) is 12.1. The van der Waals surface area contributed by atoms with Crippen LogP contribution >= 0.6 is 0 Å². The van der Waals surface area contributed by atoms with E-state index in [1.54, 1.807) is 24.5 Å². The van der Waals surface area contributed by atoms with Crippen molar-refractivity contribution in [2.45, 2.75) is 20.0 Å². The van der Waals surface area contributed by atoms with Crippen molar-refractivity contribution in [3.05, 3.63) is 114 Å². The van der Waals surface area contributed by atoms with E-state index in [4.69, 9.17) is 0 Å². The van der Waals surface area contributed by atoms with Crippen LogP contribution in [0.4, 0.5) is 0 Å². The molecule has 3 heterocycles. The van der Waals surface area contributed by atoms with Gasteiger partial charge in [0, 0.05) is 68.5 Å². The third kappa shape index (κ3) is 5.50. The van der Waals surface area contributed by atoms with Crippen LogP contribution in [0.1, 0.15) is 27.2 Å². The van der Waals surface area contributed by atoms with Crippen LogP contribution in [0.15, 0.2) is 91.3 Å². The first kappa shape index (κ1) is 23.0. The van der Waals surface area contributed by atoms with Gasteiger partial charge in [0.15, 0.2) is 0 Å². The molecule has 2 aromatic carbocycles. The average Bonchev–Trinajstić information content (AvgIpc) is 3.21. The largest absolute Gasteiger partial charge is 0.297 e. The molecule has 1 amide bonds. The zero-order valence-corrected chi connectivity index (χ0v) is 20.1.